The summed E-state index contributed by atoms with van der Waals surface area (Å²) < 4.78 is 7.68. The first-order valence-electron chi connectivity index (χ1n) is 14.0. The second kappa shape index (κ2) is 11.6. The van der Waals surface area contributed by atoms with E-state index in [9.17, 15) is 24.0 Å². The maximum atomic E-state index is 13.3. The van der Waals surface area contributed by atoms with Crippen molar-refractivity contribution in [2.24, 2.45) is 5.92 Å². The fourth-order valence-electron chi connectivity index (χ4n) is 5.34. The van der Waals surface area contributed by atoms with E-state index in [-0.39, 0.29) is 40.8 Å². The Hall–Kier alpha value is -4.41. The quantitative estimate of drug-likeness (QED) is 0.425. The van der Waals surface area contributed by atoms with Crippen LogP contribution in [0.3, 0.4) is 0 Å². The lowest BCUT2D eigenvalue weighted by Gasteiger charge is -2.33. The number of hydrogen-bond donors (Lipinski definition) is 2. The summed E-state index contributed by atoms with van der Waals surface area (Å²) in [6, 6.07) is 10.6. The molecule has 2 N–H and O–H groups in total. The highest BCUT2D eigenvalue weighted by molar-refractivity contribution is 5.98. The van der Waals surface area contributed by atoms with E-state index in [1.807, 2.05) is 13.8 Å². The predicted octanol–water partition coefficient (Wildman–Crippen LogP) is 3.37. The van der Waals surface area contributed by atoms with Gasteiger partial charge in [0.25, 0.3) is 11.5 Å². The number of carbonyl (C=O) groups is 3. The summed E-state index contributed by atoms with van der Waals surface area (Å²) in [5.41, 5.74) is 0.957. The molecule has 3 amide bonds. The summed E-state index contributed by atoms with van der Waals surface area (Å²) in [4.78, 5) is 66.0. The zero-order chi connectivity index (χ0) is 29.3. The molecular formula is C30H35N5O6. The van der Waals surface area contributed by atoms with E-state index in [4.69, 9.17) is 4.74 Å². The number of fused-ring (bicyclic) bond motifs is 1. The average Bonchev–Trinajstić information content (AvgIpc) is 3.79. The maximum Gasteiger partial charge on any atom is 0.337 e. The number of nitrogens with zero attached hydrogens (tertiary/aromatic N) is 3. The number of urea groups is 1. The number of piperidine rings is 1. The van der Waals surface area contributed by atoms with Crippen molar-refractivity contribution in [3.63, 3.8) is 0 Å². The van der Waals surface area contributed by atoms with Gasteiger partial charge in [0.2, 0.25) is 0 Å². The molecule has 11 heteroatoms. The molecular weight excluding hydrogens is 526 g/mol. The third-order valence-electron chi connectivity index (χ3n) is 7.66. The van der Waals surface area contributed by atoms with Crippen LogP contribution in [0.25, 0.3) is 10.9 Å². The molecule has 1 aliphatic heterocycles. The van der Waals surface area contributed by atoms with Crippen LogP contribution in [0.5, 0.6) is 0 Å². The Balaban J connectivity index is 1.30. The van der Waals surface area contributed by atoms with E-state index in [1.54, 1.807) is 45.9 Å². The number of likely N-dealkylation sites (tertiary alicyclic amines) is 1. The minimum absolute atomic E-state index is 0.139. The Labute approximate surface area is 237 Å². The fourth-order valence-corrected chi connectivity index (χ4v) is 5.34. The van der Waals surface area contributed by atoms with E-state index in [0.717, 1.165) is 12.8 Å². The Morgan fingerprint density at radius 3 is 2.49 bits per heavy atom. The standard InChI is InChI=1S/C30H35N5O6/c1-18(2)35-25-12-11-22(15-24(25)27(37)34(30(35)40)16-19-9-10-19)32-29(39)33-13-5-8-23(17-33)31-26(36)20-6-4-7-21(14-20)28(38)41-3/h4,6-7,11-12,14-15,18-19,23H,5,8-10,13,16-17H2,1-3H3,(H,31,36)(H,32,39). The number of hydrogen-bond acceptors (Lipinski definition) is 6. The highest BCUT2D eigenvalue weighted by Gasteiger charge is 2.27. The summed E-state index contributed by atoms with van der Waals surface area (Å²) >= 11 is 0. The molecule has 5 rings (SSSR count). The Kier molecular flexibility index (Phi) is 7.96. The van der Waals surface area contributed by atoms with Gasteiger partial charge < -0.3 is 20.3 Å². The van der Waals surface area contributed by atoms with E-state index in [1.165, 1.54) is 17.7 Å². The highest BCUT2D eigenvalue weighted by Crippen LogP contribution is 2.30. The van der Waals surface area contributed by atoms with Crippen molar-refractivity contribution in [1.82, 2.24) is 19.4 Å². The molecule has 1 saturated carbocycles. The van der Waals surface area contributed by atoms with Gasteiger partial charge in [0.05, 0.1) is 23.6 Å². The second-order valence-corrected chi connectivity index (χ2v) is 11.1. The molecule has 2 fully saturated rings. The van der Waals surface area contributed by atoms with Crippen LogP contribution in [0, 0.1) is 5.92 Å². The summed E-state index contributed by atoms with van der Waals surface area (Å²) in [5.74, 6) is -0.509. The van der Waals surface area contributed by atoms with Gasteiger partial charge >= 0.3 is 17.7 Å². The first-order valence-corrected chi connectivity index (χ1v) is 14.0. The number of nitrogens with one attached hydrogen (secondary N) is 2. The molecule has 3 aromatic rings. The van der Waals surface area contributed by atoms with Gasteiger partial charge in [-0.15, -0.1) is 0 Å². The van der Waals surface area contributed by atoms with Crippen molar-refractivity contribution in [3.05, 3.63) is 74.4 Å². The molecule has 1 aliphatic carbocycles. The molecule has 2 heterocycles. The lowest BCUT2D eigenvalue weighted by molar-refractivity contribution is 0.0600. The van der Waals surface area contributed by atoms with Gasteiger partial charge in [0, 0.05) is 43.0 Å². The van der Waals surface area contributed by atoms with Crippen molar-refractivity contribution in [2.75, 3.05) is 25.5 Å². The molecule has 1 atom stereocenters. The topological polar surface area (TPSA) is 132 Å². The molecule has 0 spiro atoms. The van der Waals surface area contributed by atoms with Gasteiger partial charge in [-0.25, -0.2) is 14.4 Å². The van der Waals surface area contributed by atoms with Crippen LogP contribution in [-0.2, 0) is 11.3 Å². The van der Waals surface area contributed by atoms with Crippen molar-refractivity contribution >= 4 is 34.5 Å². The SMILES string of the molecule is COC(=O)c1cccc(C(=O)NC2CCCN(C(=O)Nc3ccc4c(c3)c(=O)n(CC3CC3)c(=O)n4C(C)C)C2)c1. The van der Waals surface area contributed by atoms with Gasteiger partial charge in [-0.05, 0) is 81.8 Å². The van der Waals surface area contributed by atoms with Crippen molar-refractivity contribution in [1.29, 1.82) is 0 Å². The van der Waals surface area contributed by atoms with Crippen LogP contribution in [0.15, 0.2) is 52.1 Å². The molecule has 2 aromatic carbocycles. The van der Waals surface area contributed by atoms with Crippen LogP contribution < -0.4 is 21.9 Å². The second-order valence-electron chi connectivity index (χ2n) is 11.1. The number of methoxy groups -OCH3 is 1. The molecule has 0 bridgehead atoms. The number of carbonyl (C=O) groups excluding carboxylic acids is 3. The third-order valence-corrected chi connectivity index (χ3v) is 7.66. The van der Waals surface area contributed by atoms with Gasteiger partial charge in [-0.3, -0.25) is 18.7 Å². The summed E-state index contributed by atoms with van der Waals surface area (Å²) in [7, 11) is 1.28. The van der Waals surface area contributed by atoms with E-state index < -0.39 is 5.97 Å². The van der Waals surface area contributed by atoms with E-state index in [0.29, 0.717) is 60.5 Å². The number of anilines is 1. The Morgan fingerprint density at radius 2 is 1.78 bits per heavy atom. The van der Waals surface area contributed by atoms with Crippen molar-refractivity contribution in [3.8, 4) is 0 Å². The van der Waals surface area contributed by atoms with Crippen molar-refractivity contribution < 1.29 is 19.1 Å². The molecule has 2 aliphatic rings. The largest absolute Gasteiger partial charge is 0.465 e. The molecule has 1 unspecified atom stereocenters. The molecule has 41 heavy (non-hydrogen) atoms. The zero-order valence-electron chi connectivity index (χ0n) is 23.5. The number of esters is 1. The van der Waals surface area contributed by atoms with Gasteiger partial charge in [-0.2, -0.15) is 0 Å². The fraction of sp³-hybridized carbons (Fsp3) is 0.433. The highest BCUT2D eigenvalue weighted by atomic mass is 16.5. The monoisotopic (exact) mass is 561 g/mol. The molecule has 216 valence electrons. The van der Waals surface area contributed by atoms with Gasteiger partial charge in [0.1, 0.15) is 0 Å². The lowest BCUT2D eigenvalue weighted by Crippen LogP contribution is -2.50. The summed E-state index contributed by atoms with van der Waals surface area (Å²) in [6.45, 7) is 5.05. The van der Waals surface area contributed by atoms with E-state index in [2.05, 4.69) is 10.6 Å². The Morgan fingerprint density at radius 1 is 1.02 bits per heavy atom. The average molecular weight is 562 g/mol. The number of rotatable bonds is 7. The third kappa shape index (κ3) is 6.03. The van der Waals surface area contributed by atoms with Crippen LogP contribution in [-0.4, -0.2) is 58.2 Å². The summed E-state index contributed by atoms with van der Waals surface area (Å²) in [6.07, 6.45) is 3.43. The van der Waals surface area contributed by atoms with Crippen LogP contribution in [0.1, 0.15) is 66.3 Å². The Bertz CT molecular complexity index is 1620. The normalized spacial score (nSPS) is 17.0. The number of amides is 3. The minimum Gasteiger partial charge on any atom is -0.465 e. The number of ether oxygens (including phenoxy) is 1. The lowest BCUT2D eigenvalue weighted by atomic mass is 10.0. The predicted molar refractivity (Wildman–Crippen MR) is 154 cm³/mol. The minimum atomic E-state index is -0.525. The van der Waals surface area contributed by atoms with Crippen LogP contribution >= 0.6 is 0 Å². The van der Waals surface area contributed by atoms with Crippen LogP contribution in [0.4, 0.5) is 10.5 Å². The van der Waals surface area contributed by atoms with Gasteiger partial charge in [0.15, 0.2) is 0 Å². The van der Waals surface area contributed by atoms with Crippen LogP contribution in [0.2, 0.25) is 0 Å². The summed E-state index contributed by atoms with van der Waals surface area (Å²) in [5, 5.41) is 6.23. The maximum absolute atomic E-state index is 13.3. The molecule has 11 nitrogen and oxygen atoms in total. The first-order chi connectivity index (χ1) is 19.7. The van der Waals surface area contributed by atoms with Gasteiger partial charge in [-0.1, -0.05) is 6.07 Å². The van der Waals surface area contributed by atoms with Crippen molar-refractivity contribution in [2.45, 2.75) is 58.2 Å². The molecule has 0 radical (unpaired) electrons. The number of benzene rings is 2. The smallest absolute Gasteiger partial charge is 0.337 e. The first kappa shape index (κ1) is 28.1. The van der Waals surface area contributed by atoms with E-state index >= 15 is 0 Å². The zero-order valence-corrected chi connectivity index (χ0v) is 23.5. The number of aromatic nitrogens is 2. The molecule has 1 saturated heterocycles. The molecule has 1 aromatic heterocycles.